The summed E-state index contributed by atoms with van der Waals surface area (Å²) in [6.45, 7) is 0. The van der Waals surface area contributed by atoms with Crippen LogP contribution in [0.4, 0.5) is 0 Å². The minimum Gasteiger partial charge on any atom is -0.271 e. The Kier molecular flexibility index (Phi) is 4.72. The van der Waals surface area contributed by atoms with Crippen LogP contribution in [0, 0.1) is 0 Å². The second kappa shape index (κ2) is 6.29. The number of aromatic nitrogens is 1. The molecular formula is C13H13BrClN3. The van der Waals surface area contributed by atoms with Crippen molar-refractivity contribution in [3.63, 3.8) is 0 Å². The Morgan fingerprint density at radius 2 is 2.22 bits per heavy atom. The molecule has 0 aliphatic carbocycles. The van der Waals surface area contributed by atoms with Crippen molar-refractivity contribution in [2.75, 3.05) is 0 Å². The average molecular weight is 327 g/mol. The van der Waals surface area contributed by atoms with E-state index in [2.05, 4.69) is 26.3 Å². The first-order valence-corrected chi connectivity index (χ1v) is 6.68. The number of nitrogens with zero attached hydrogens (tertiary/aromatic N) is 1. The predicted octanol–water partition coefficient (Wildman–Crippen LogP) is 3.24. The van der Waals surface area contributed by atoms with Gasteiger partial charge in [-0.1, -0.05) is 23.7 Å². The Labute approximate surface area is 119 Å². The molecule has 0 saturated carbocycles. The summed E-state index contributed by atoms with van der Waals surface area (Å²) in [7, 11) is 0. The third-order valence-corrected chi connectivity index (χ3v) is 3.94. The minimum absolute atomic E-state index is 0.0137. The van der Waals surface area contributed by atoms with Gasteiger partial charge in [0.05, 0.1) is 11.1 Å². The lowest BCUT2D eigenvalue weighted by molar-refractivity contribution is 0.551. The van der Waals surface area contributed by atoms with Crippen LogP contribution in [0.3, 0.4) is 0 Å². The number of benzene rings is 1. The minimum atomic E-state index is 0.0137. The SMILES string of the molecule is NNC(Cc1cccnc1)c1ccc(Br)c(Cl)c1. The number of nitrogens with two attached hydrogens (primary N) is 1. The predicted molar refractivity (Wildman–Crippen MR) is 77.2 cm³/mol. The molecule has 1 heterocycles. The summed E-state index contributed by atoms with van der Waals surface area (Å²) in [6.07, 6.45) is 4.36. The maximum Gasteiger partial charge on any atom is 0.0551 e. The first kappa shape index (κ1) is 13.5. The van der Waals surface area contributed by atoms with Gasteiger partial charge in [0, 0.05) is 16.9 Å². The summed E-state index contributed by atoms with van der Waals surface area (Å²) in [5.74, 6) is 5.62. The fourth-order valence-electron chi connectivity index (χ4n) is 1.76. The van der Waals surface area contributed by atoms with Crippen molar-refractivity contribution in [2.24, 2.45) is 5.84 Å². The molecule has 18 heavy (non-hydrogen) atoms. The first-order chi connectivity index (χ1) is 8.70. The van der Waals surface area contributed by atoms with Gasteiger partial charge in [-0.05, 0) is 51.7 Å². The zero-order valence-corrected chi connectivity index (χ0v) is 11.9. The number of pyridine rings is 1. The van der Waals surface area contributed by atoms with Gasteiger partial charge < -0.3 is 0 Å². The third-order valence-electron chi connectivity index (χ3n) is 2.71. The molecule has 0 fully saturated rings. The molecule has 2 aromatic rings. The molecule has 1 aromatic heterocycles. The topological polar surface area (TPSA) is 50.9 Å². The Bertz CT molecular complexity index is 519. The van der Waals surface area contributed by atoms with Crippen molar-refractivity contribution in [1.82, 2.24) is 10.4 Å². The summed E-state index contributed by atoms with van der Waals surface area (Å²) in [4.78, 5) is 4.10. The number of halogens is 2. The highest BCUT2D eigenvalue weighted by molar-refractivity contribution is 9.10. The van der Waals surface area contributed by atoms with Crippen molar-refractivity contribution < 1.29 is 0 Å². The second-order valence-electron chi connectivity index (χ2n) is 3.96. The lowest BCUT2D eigenvalue weighted by atomic mass is 10.0. The Balaban J connectivity index is 2.20. The van der Waals surface area contributed by atoms with Crippen LogP contribution < -0.4 is 11.3 Å². The smallest absolute Gasteiger partial charge is 0.0551 e. The number of hydrazine groups is 1. The maximum atomic E-state index is 6.09. The highest BCUT2D eigenvalue weighted by atomic mass is 79.9. The van der Waals surface area contributed by atoms with Crippen molar-refractivity contribution in [3.8, 4) is 0 Å². The monoisotopic (exact) mass is 325 g/mol. The van der Waals surface area contributed by atoms with E-state index >= 15 is 0 Å². The highest BCUT2D eigenvalue weighted by Crippen LogP contribution is 2.27. The molecule has 0 amide bonds. The summed E-state index contributed by atoms with van der Waals surface area (Å²) in [6, 6.07) is 9.78. The lowest BCUT2D eigenvalue weighted by Gasteiger charge is -2.16. The van der Waals surface area contributed by atoms with Crippen LogP contribution in [0.25, 0.3) is 0 Å². The molecular weight excluding hydrogens is 314 g/mol. The molecule has 5 heteroatoms. The summed E-state index contributed by atoms with van der Waals surface area (Å²) in [5.41, 5.74) is 4.99. The maximum absolute atomic E-state index is 6.09. The van der Waals surface area contributed by atoms with Gasteiger partial charge in [-0.2, -0.15) is 0 Å². The Morgan fingerprint density at radius 3 is 2.83 bits per heavy atom. The molecule has 0 bridgehead atoms. The van der Waals surface area contributed by atoms with Crippen molar-refractivity contribution in [2.45, 2.75) is 12.5 Å². The zero-order chi connectivity index (χ0) is 13.0. The standard InChI is InChI=1S/C13H13BrClN3/c14-11-4-3-10(7-12(11)15)13(18-16)6-9-2-1-5-17-8-9/h1-5,7-8,13,18H,6,16H2. The molecule has 94 valence electrons. The van der Waals surface area contributed by atoms with Gasteiger partial charge in [0.25, 0.3) is 0 Å². The van der Waals surface area contributed by atoms with Gasteiger partial charge in [-0.25, -0.2) is 0 Å². The van der Waals surface area contributed by atoms with Crippen LogP contribution in [-0.2, 0) is 6.42 Å². The number of nitrogens with one attached hydrogen (secondary N) is 1. The lowest BCUT2D eigenvalue weighted by Crippen LogP contribution is -2.29. The van der Waals surface area contributed by atoms with Crippen LogP contribution in [-0.4, -0.2) is 4.98 Å². The summed E-state index contributed by atoms with van der Waals surface area (Å²) < 4.78 is 0.880. The molecule has 1 atom stereocenters. The number of hydrogen-bond acceptors (Lipinski definition) is 3. The van der Waals surface area contributed by atoms with Crippen molar-refractivity contribution in [1.29, 1.82) is 0 Å². The normalized spacial score (nSPS) is 12.4. The zero-order valence-electron chi connectivity index (χ0n) is 9.61. The second-order valence-corrected chi connectivity index (χ2v) is 5.22. The van der Waals surface area contributed by atoms with Gasteiger partial charge in [0.2, 0.25) is 0 Å². The van der Waals surface area contributed by atoms with Gasteiger partial charge in [-0.3, -0.25) is 16.3 Å². The van der Waals surface area contributed by atoms with Gasteiger partial charge in [0.1, 0.15) is 0 Å². The molecule has 0 aliphatic heterocycles. The number of hydrogen-bond donors (Lipinski definition) is 2. The number of rotatable bonds is 4. The molecule has 2 rings (SSSR count). The molecule has 0 radical (unpaired) electrons. The third kappa shape index (κ3) is 3.29. The molecule has 3 N–H and O–H groups in total. The van der Waals surface area contributed by atoms with Crippen LogP contribution in [0.5, 0.6) is 0 Å². The fraction of sp³-hybridized carbons (Fsp3) is 0.154. The van der Waals surface area contributed by atoms with Crippen molar-refractivity contribution in [3.05, 3.63) is 63.3 Å². The summed E-state index contributed by atoms with van der Waals surface area (Å²) in [5, 5.41) is 0.680. The molecule has 3 nitrogen and oxygen atoms in total. The van der Waals surface area contributed by atoms with E-state index in [0.29, 0.717) is 5.02 Å². The van der Waals surface area contributed by atoms with E-state index in [1.165, 1.54) is 0 Å². The quantitative estimate of drug-likeness (QED) is 0.670. The largest absolute Gasteiger partial charge is 0.271 e. The highest BCUT2D eigenvalue weighted by Gasteiger charge is 2.12. The van der Waals surface area contributed by atoms with Crippen LogP contribution in [0.15, 0.2) is 47.2 Å². The van der Waals surface area contributed by atoms with Crippen molar-refractivity contribution >= 4 is 27.5 Å². The van der Waals surface area contributed by atoms with Gasteiger partial charge in [-0.15, -0.1) is 0 Å². The molecule has 0 saturated heterocycles. The van der Waals surface area contributed by atoms with E-state index in [1.54, 1.807) is 6.20 Å². The molecule has 0 aliphatic rings. The van der Waals surface area contributed by atoms with E-state index in [4.69, 9.17) is 17.4 Å². The molecule has 0 spiro atoms. The summed E-state index contributed by atoms with van der Waals surface area (Å²) >= 11 is 9.46. The van der Waals surface area contributed by atoms with Crippen LogP contribution >= 0.6 is 27.5 Å². The van der Waals surface area contributed by atoms with Gasteiger partial charge in [0.15, 0.2) is 0 Å². The van der Waals surface area contributed by atoms with Gasteiger partial charge >= 0.3 is 0 Å². The Hall–Kier alpha value is -0.940. The fourth-order valence-corrected chi connectivity index (χ4v) is 2.19. The van der Waals surface area contributed by atoms with Crippen LogP contribution in [0.2, 0.25) is 5.02 Å². The van der Waals surface area contributed by atoms with E-state index in [1.807, 2.05) is 36.5 Å². The first-order valence-electron chi connectivity index (χ1n) is 5.50. The molecule has 1 aromatic carbocycles. The average Bonchev–Trinajstić information content (AvgIpc) is 2.40. The van der Waals surface area contributed by atoms with Crippen LogP contribution in [0.1, 0.15) is 17.2 Å². The Morgan fingerprint density at radius 1 is 1.39 bits per heavy atom. The van der Waals surface area contributed by atoms with E-state index < -0.39 is 0 Å². The van der Waals surface area contributed by atoms with E-state index in [0.717, 1.165) is 22.0 Å². The molecule has 1 unspecified atom stereocenters. The van der Waals surface area contributed by atoms with E-state index in [9.17, 15) is 0 Å². The van der Waals surface area contributed by atoms with E-state index in [-0.39, 0.29) is 6.04 Å².